The lowest BCUT2D eigenvalue weighted by atomic mass is 10.0. The van der Waals surface area contributed by atoms with E-state index in [0.717, 1.165) is 4.31 Å². The SMILES string of the molecule is CC1OCN(S(=O)(=O)c2ccccc2)[C@@H]1C(=O)N[C@@H](Cc1ccc(NC(=O)CCCCN=C(N)N)cc1)C(=O)O. The molecular formula is C26H34N6O7S. The number of ether oxygens (including phenoxy) is 1. The van der Waals surface area contributed by atoms with E-state index in [0.29, 0.717) is 30.6 Å². The van der Waals surface area contributed by atoms with Gasteiger partial charge in [0.1, 0.15) is 18.8 Å². The summed E-state index contributed by atoms with van der Waals surface area (Å²) in [5.41, 5.74) is 11.6. The van der Waals surface area contributed by atoms with Crippen LogP contribution < -0.4 is 22.1 Å². The number of benzene rings is 2. The number of hydrogen-bond acceptors (Lipinski definition) is 7. The second-order valence-electron chi connectivity index (χ2n) is 9.26. The van der Waals surface area contributed by atoms with Crippen LogP contribution in [0, 0.1) is 0 Å². The van der Waals surface area contributed by atoms with Crippen LogP contribution in [0.4, 0.5) is 5.69 Å². The topological polar surface area (TPSA) is 207 Å². The van der Waals surface area contributed by atoms with Crippen molar-refractivity contribution in [3.63, 3.8) is 0 Å². The van der Waals surface area contributed by atoms with E-state index < -0.39 is 40.1 Å². The lowest BCUT2D eigenvalue weighted by Crippen LogP contribution is -2.54. The Morgan fingerprint density at radius 3 is 2.40 bits per heavy atom. The van der Waals surface area contributed by atoms with Crippen LogP contribution in [0.3, 0.4) is 0 Å². The number of nitrogens with one attached hydrogen (secondary N) is 2. The summed E-state index contributed by atoms with van der Waals surface area (Å²) in [7, 11) is -4.06. The Morgan fingerprint density at radius 2 is 1.77 bits per heavy atom. The number of carboxylic acids is 1. The third-order valence-electron chi connectivity index (χ3n) is 6.24. The molecule has 1 aliphatic rings. The van der Waals surface area contributed by atoms with Crippen molar-refractivity contribution in [3.8, 4) is 0 Å². The van der Waals surface area contributed by atoms with Gasteiger partial charge in [0.25, 0.3) is 0 Å². The first-order valence-electron chi connectivity index (χ1n) is 12.6. The smallest absolute Gasteiger partial charge is 0.326 e. The second-order valence-corrected chi connectivity index (χ2v) is 11.2. The van der Waals surface area contributed by atoms with Gasteiger partial charge in [0.15, 0.2) is 5.96 Å². The van der Waals surface area contributed by atoms with Gasteiger partial charge in [0, 0.05) is 25.1 Å². The summed E-state index contributed by atoms with van der Waals surface area (Å²) in [6.07, 6.45) is 0.703. The van der Waals surface area contributed by atoms with Gasteiger partial charge in [-0.05, 0) is 49.6 Å². The van der Waals surface area contributed by atoms with Crippen LogP contribution in [0.25, 0.3) is 0 Å². The van der Waals surface area contributed by atoms with E-state index >= 15 is 0 Å². The molecule has 2 aromatic carbocycles. The van der Waals surface area contributed by atoms with Crippen molar-refractivity contribution in [1.29, 1.82) is 0 Å². The average Bonchev–Trinajstić information content (AvgIpc) is 3.31. The summed E-state index contributed by atoms with van der Waals surface area (Å²) in [5.74, 6) is -2.23. The highest BCUT2D eigenvalue weighted by Crippen LogP contribution is 2.26. The fourth-order valence-corrected chi connectivity index (χ4v) is 5.67. The van der Waals surface area contributed by atoms with Crippen LogP contribution >= 0.6 is 0 Å². The molecule has 1 saturated heterocycles. The summed E-state index contributed by atoms with van der Waals surface area (Å²) in [5, 5.41) is 15.0. The van der Waals surface area contributed by atoms with Crippen molar-refractivity contribution < 1.29 is 32.6 Å². The van der Waals surface area contributed by atoms with Crippen LogP contribution in [-0.4, -0.2) is 73.0 Å². The number of rotatable bonds is 13. The van der Waals surface area contributed by atoms with Gasteiger partial charge in [0.2, 0.25) is 21.8 Å². The van der Waals surface area contributed by atoms with Crippen molar-refractivity contribution in [2.24, 2.45) is 16.5 Å². The minimum atomic E-state index is -4.06. The van der Waals surface area contributed by atoms with Crippen molar-refractivity contribution in [2.75, 3.05) is 18.6 Å². The van der Waals surface area contributed by atoms with Gasteiger partial charge in [-0.15, -0.1) is 0 Å². The van der Waals surface area contributed by atoms with Crippen molar-refractivity contribution in [2.45, 2.75) is 55.7 Å². The molecule has 1 heterocycles. The van der Waals surface area contributed by atoms with Crippen LogP contribution in [0.5, 0.6) is 0 Å². The van der Waals surface area contributed by atoms with Gasteiger partial charge in [0.05, 0.1) is 11.0 Å². The molecule has 14 heteroatoms. The molecule has 0 aliphatic carbocycles. The highest BCUT2D eigenvalue weighted by atomic mass is 32.2. The molecule has 2 amide bonds. The predicted molar refractivity (Wildman–Crippen MR) is 148 cm³/mol. The number of aliphatic imine (C=N–C) groups is 1. The molecule has 3 atom stereocenters. The lowest BCUT2D eigenvalue weighted by molar-refractivity contribution is -0.142. The number of anilines is 1. The fraction of sp³-hybridized carbons (Fsp3) is 0.385. The van der Waals surface area contributed by atoms with E-state index in [-0.39, 0.29) is 36.3 Å². The molecule has 13 nitrogen and oxygen atoms in total. The molecule has 3 rings (SSSR count). The first-order chi connectivity index (χ1) is 19.0. The van der Waals surface area contributed by atoms with Gasteiger partial charge in [-0.3, -0.25) is 14.6 Å². The summed E-state index contributed by atoms with van der Waals surface area (Å²) in [6, 6.07) is 11.6. The Morgan fingerprint density at radius 1 is 1.10 bits per heavy atom. The number of amides is 2. The Labute approximate surface area is 232 Å². The van der Waals surface area contributed by atoms with Crippen molar-refractivity contribution >= 4 is 39.5 Å². The summed E-state index contributed by atoms with van der Waals surface area (Å²) >= 11 is 0. The Bertz CT molecular complexity index is 1310. The normalized spacial score (nSPS) is 18.0. The van der Waals surface area contributed by atoms with Crippen LogP contribution in [0.2, 0.25) is 0 Å². The number of carbonyl (C=O) groups excluding carboxylic acids is 2. The largest absolute Gasteiger partial charge is 0.480 e. The van der Waals surface area contributed by atoms with E-state index in [9.17, 15) is 27.9 Å². The van der Waals surface area contributed by atoms with Crippen molar-refractivity contribution in [3.05, 3.63) is 60.2 Å². The highest BCUT2D eigenvalue weighted by Gasteiger charge is 2.45. The third-order valence-corrected chi connectivity index (χ3v) is 8.05. The molecule has 7 N–H and O–H groups in total. The third kappa shape index (κ3) is 8.24. The van der Waals surface area contributed by atoms with Crippen LogP contribution in [0.15, 0.2) is 64.5 Å². The van der Waals surface area contributed by atoms with Crippen LogP contribution in [0.1, 0.15) is 31.7 Å². The molecular weight excluding hydrogens is 540 g/mol. The molecule has 2 aromatic rings. The van der Waals surface area contributed by atoms with Gasteiger partial charge in [-0.25, -0.2) is 13.2 Å². The zero-order valence-electron chi connectivity index (χ0n) is 22.0. The number of unbranched alkanes of at least 4 members (excludes halogenated alkanes) is 1. The number of carbonyl (C=O) groups is 3. The van der Waals surface area contributed by atoms with Crippen LogP contribution in [-0.2, 0) is 35.6 Å². The molecule has 216 valence electrons. The molecule has 0 radical (unpaired) electrons. The molecule has 1 fully saturated rings. The number of aliphatic carboxylic acids is 1. The fourth-order valence-electron chi connectivity index (χ4n) is 4.13. The monoisotopic (exact) mass is 574 g/mol. The maximum atomic E-state index is 13.2. The zero-order chi connectivity index (χ0) is 29.3. The van der Waals surface area contributed by atoms with E-state index in [1.807, 2.05) is 0 Å². The number of nitrogens with zero attached hydrogens (tertiary/aromatic N) is 2. The Hall–Kier alpha value is -4.01. The van der Waals surface area contributed by atoms with E-state index in [1.165, 1.54) is 12.1 Å². The lowest BCUT2D eigenvalue weighted by Gasteiger charge is -2.25. The number of guanidine groups is 1. The number of sulfonamides is 1. The molecule has 0 bridgehead atoms. The van der Waals surface area contributed by atoms with Crippen molar-refractivity contribution in [1.82, 2.24) is 9.62 Å². The van der Waals surface area contributed by atoms with E-state index in [1.54, 1.807) is 49.4 Å². The first-order valence-corrected chi connectivity index (χ1v) is 14.1. The second kappa shape index (κ2) is 13.9. The molecule has 0 saturated carbocycles. The number of nitrogens with two attached hydrogens (primary N) is 2. The molecule has 0 aromatic heterocycles. The zero-order valence-corrected chi connectivity index (χ0v) is 22.8. The van der Waals surface area contributed by atoms with Gasteiger partial charge in [-0.1, -0.05) is 30.3 Å². The molecule has 40 heavy (non-hydrogen) atoms. The minimum absolute atomic E-state index is 0.00147. The number of carboxylic acid groups (broad SMARTS) is 1. The molecule has 1 aliphatic heterocycles. The number of hydrogen-bond donors (Lipinski definition) is 5. The van der Waals surface area contributed by atoms with E-state index in [4.69, 9.17) is 16.2 Å². The maximum absolute atomic E-state index is 13.2. The highest BCUT2D eigenvalue weighted by molar-refractivity contribution is 7.89. The maximum Gasteiger partial charge on any atom is 0.326 e. The van der Waals surface area contributed by atoms with Gasteiger partial charge >= 0.3 is 5.97 Å². The Kier molecular flexibility index (Phi) is 10.6. The van der Waals surface area contributed by atoms with E-state index in [2.05, 4.69) is 15.6 Å². The predicted octanol–water partition coefficient (Wildman–Crippen LogP) is 0.616. The molecule has 1 unspecified atom stereocenters. The summed E-state index contributed by atoms with van der Waals surface area (Å²) in [4.78, 5) is 41.1. The first kappa shape index (κ1) is 30.5. The summed E-state index contributed by atoms with van der Waals surface area (Å²) in [6.45, 7) is 1.66. The average molecular weight is 575 g/mol. The standard InChI is InChI=1S/C26H34N6O7S/c1-17-23(32(16-39-17)40(37,38)20-7-3-2-4-8-20)24(34)31-21(25(35)36)15-18-10-12-19(13-11-18)30-22(33)9-5-6-14-29-26(27)28/h2-4,7-8,10-13,17,21,23H,5-6,9,14-16H2,1H3,(H,30,33)(H,31,34)(H,35,36)(H4,27,28,29)/t17?,21-,23-/m0/s1. The molecule has 0 spiro atoms. The minimum Gasteiger partial charge on any atom is -0.480 e. The quantitative estimate of drug-likeness (QED) is 0.129. The summed E-state index contributed by atoms with van der Waals surface area (Å²) < 4.78 is 32.6. The van der Waals surface area contributed by atoms with Gasteiger partial charge in [-0.2, -0.15) is 4.31 Å². The Balaban J connectivity index is 1.60. The van der Waals surface area contributed by atoms with Gasteiger partial charge < -0.3 is 31.9 Å².